The SMILES string of the molecule is CC(=O)Nc1ccc(OCCCN=O)cc1. The van der Waals surface area contributed by atoms with E-state index in [0.717, 1.165) is 5.69 Å². The van der Waals surface area contributed by atoms with Crippen LogP contribution in [0.5, 0.6) is 5.75 Å². The van der Waals surface area contributed by atoms with Gasteiger partial charge < -0.3 is 10.1 Å². The summed E-state index contributed by atoms with van der Waals surface area (Å²) in [5.74, 6) is 0.603. The van der Waals surface area contributed by atoms with E-state index in [1.807, 2.05) is 0 Å². The van der Waals surface area contributed by atoms with Gasteiger partial charge in [-0.05, 0) is 24.3 Å². The number of rotatable bonds is 6. The molecule has 0 saturated carbocycles. The lowest BCUT2D eigenvalue weighted by Crippen LogP contribution is -2.05. The van der Waals surface area contributed by atoms with Crippen molar-refractivity contribution in [3.63, 3.8) is 0 Å². The first-order valence-corrected chi connectivity index (χ1v) is 5.02. The van der Waals surface area contributed by atoms with Crippen molar-refractivity contribution < 1.29 is 9.53 Å². The highest BCUT2D eigenvalue weighted by Crippen LogP contribution is 2.15. The third-order valence-corrected chi connectivity index (χ3v) is 1.84. The van der Waals surface area contributed by atoms with Crippen molar-refractivity contribution in [3.05, 3.63) is 29.2 Å². The third kappa shape index (κ3) is 4.54. The Labute approximate surface area is 93.8 Å². The molecule has 0 aliphatic heterocycles. The van der Waals surface area contributed by atoms with Gasteiger partial charge >= 0.3 is 0 Å². The summed E-state index contributed by atoms with van der Waals surface area (Å²) in [5.41, 5.74) is 0.731. The molecule has 0 saturated heterocycles. The molecule has 1 aromatic carbocycles. The van der Waals surface area contributed by atoms with Crippen LogP contribution in [0.15, 0.2) is 29.4 Å². The number of ether oxygens (including phenoxy) is 1. The first-order valence-electron chi connectivity index (χ1n) is 5.02. The molecule has 0 spiro atoms. The molecular formula is C11H14N2O3. The topological polar surface area (TPSA) is 67.8 Å². The zero-order chi connectivity index (χ0) is 11.8. The molecule has 0 unspecified atom stereocenters. The van der Waals surface area contributed by atoms with Gasteiger partial charge in [0.05, 0.1) is 13.2 Å². The van der Waals surface area contributed by atoms with Crippen LogP contribution in [0, 0.1) is 4.91 Å². The predicted octanol–water partition coefficient (Wildman–Crippen LogP) is 2.18. The summed E-state index contributed by atoms with van der Waals surface area (Å²) in [6.45, 7) is 2.19. The van der Waals surface area contributed by atoms with Crippen molar-refractivity contribution in [2.45, 2.75) is 13.3 Å². The minimum Gasteiger partial charge on any atom is -0.494 e. The second kappa shape index (κ2) is 6.55. The maximum atomic E-state index is 10.8. The molecule has 86 valence electrons. The second-order valence-corrected chi connectivity index (χ2v) is 3.26. The molecule has 16 heavy (non-hydrogen) atoms. The number of nitrogens with zero attached hydrogens (tertiary/aromatic N) is 1. The van der Waals surface area contributed by atoms with Gasteiger partial charge in [-0.15, -0.1) is 0 Å². The minimum atomic E-state index is -0.106. The van der Waals surface area contributed by atoms with Crippen molar-refractivity contribution in [1.29, 1.82) is 0 Å². The molecule has 0 fully saturated rings. The van der Waals surface area contributed by atoms with Gasteiger partial charge in [0, 0.05) is 19.0 Å². The molecule has 1 rings (SSSR count). The number of hydrogen-bond donors (Lipinski definition) is 1. The lowest BCUT2D eigenvalue weighted by atomic mass is 10.3. The number of hydrogen-bond acceptors (Lipinski definition) is 4. The average Bonchev–Trinajstić information content (AvgIpc) is 2.26. The van der Waals surface area contributed by atoms with Crippen LogP contribution in [0.2, 0.25) is 0 Å². The van der Waals surface area contributed by atoms with E-state index >= 15 is 0 Å². The van der Waals surface area contributed by atoms with Crippen LogP contribution in [-0.4, -0.2) is 19.1 Å². The Morgan fingerprint density at radius 2 is 2.06 bits per heavy atom. The highest BCUT2D eigenvalue weighted by molar-refractivity contribution is 5.88. The van der Waals surface area contributed by atoms with E-state index in [2.05, 4.69) is 10.5 Å². The van der Waals surface area contributed by atoms with Gasteiger partial charge in [0.25, 0.3) is 0 Å². The smallest absolute Gasteiger partial charge is 0.221 e. The van der Waals surface area contributed by atoms with Gasteiger partial charge in [-0.1, -0.05) is 5.18 Å². The summed E-state index contributed by atoms with van der Waals surface area (Å²) in [6, 6.07) is 7.04. The van der Waals surface area contributed by atoms with Gasteiger partial charge in [0.2, 0.25) is 5.91 Å². The Hall–Kier alpha value is -1.91. The van der Waals surface area contributed by atoms with Crippen LogP contribution in [0.25, 0.3) is 0 Å². The Kier molecular flexibility index (Phi) is 4.98. The van der Waals surface area contributed by atoms with E-state index in [4.69, 9.17) is 4.74 Å². The van der Waals surface area contributed by atoms with Gasteiger partial charge in [-0.2, -0.15) is 4.91 Å². The first kappa shape index (κ1) is 12.2. The molecule has 1 aromatic rings. The molecule has 0 aliphatic rings. The number of nitrogens with one attached hydrogen (secondary N) is 1. The largest absolute Gasteiger partial charge is 0.494 e. The van der Waals surface area contributed by atoms with Gasteiger partial charge in [0.15, 0.2) is 0 Å². The van der Waals surface area contributed by atoms with E-state index in [-0.39, 0.29) is 12.5 Å². The monoisotopic (exact) mass is 222 g/mol. The number of benzene rings is 1. The Bertz CT molecular complexity index is 349. The standard InChI is InChI=1S/C11H14N2O3/c1-9(14)13-10-3-5-11(6-4-10)16-8-2-7-12-15/h3-6H,2,7-8H2,1H3,(H,13,14). The van der Waals surface area contributed by atoms with Crippen molar-refractivity contribution in [1.82, 2.24) is 0 Å². The summed E-state index contributed by atoms with van der Waals surface area (Å²) in [7, 11) is 0. The van der Waals surface area contributed by atoms with Gasteiger partial charge in [-0.25, -0.2) is 0 Å². The van der Waals surface area contributed by atoms with Crippen LogP contribution in [-0.2, 0) is 4.79 Å². The molecule has 0 atom stereocenters. The number of carbonyl (C=O) groups excluding carboxylic acids is 1. The molecule has 5 heteroatoms. The number of anilines is 1. The third-order valence-electron chi connectivity index (χ3n) is 1.84. The summed E-state index contributed by atoms with van der Waals surface area (Å²) in [4.78, 5) is 20.6. The number of carbonyl (C=O) groups is 1. The van der Waals surface area contributed by atoms with Crippen molar-refractivity contribution in [2.24, 2.45) is 5.18 Å². The molecule has 0 bridgehead atoms. The summed E-state index contributed by atoms with van der Waals surface area (Å²) >= 11 is 0. The average molecular weight is 222 g/mol. The molecule has 0 aromatic heterocycles. The van der Waals surface area contributed by atoms with Crippen molar-refractivity contribution in [3.8, 4) is 5.75 Å². The lowest BCUT2D eigenvalue weighted by molar-refractivity contribution is -0.114. The van der Waals surface area contributed by atoms with Crippen LogP contribution >= 0.6 is 0 Å². The van der Waals surface area contributed by atoms with E-state index in [9.17, 15) is 9.70 Å². The zero-order valence-corrected chi connectivity index (χ0v) is 9.10. The van der Waals surface area contributed by atoms with E-state index in [0.29, 0.717) is 18.8 Å². The fourth-order valence-corrected chi connectivity index (χ4v) is 1.16. The molecule has 0 heterocycles. The normalized spacial score (nSPS) is 9.56. The fourth-order valence-electron chi connectivity index (χ4n) is 1.16. The maximum Gasteiger partial charge on any atom is 0.221 e. The first-order chi connectivity index (χ1) is 7.72. The summed E-state index contributed by atoms with van der Waals surface area (Å²) in [5, 5.41) is 5.39. The van der Waals surface area contributed by atoms with Gasteiger partial charge in [-0.3, -0.25) is 4.79 Å². The van der Waals surface area contributed by atoms with Crippen molar-refractivity contribution in [2.75, 3.05) is 18.5 Å². The fraction of sp³-hybridized carbons (Fsp3) is 0.364. The van der Waals surface area contributed by atoms with Crippen LogP contribution in [0.1, 0.15) is 13.3 Å². The Balaban J connectivity index is 2.38. The number of amides is 1. The van der Waals surface area contributed by atoms with Crippen molar-refractivity contribution >= 4 is 11.6 Å². The molecular weight excluding hydrogens is 208 g/mol. The molecule has 0 radical (unpaired) electrons. The number of nitroso groups, excluding NO2 is 1. The van der Waals surface area contributed by atoms with Crippen LogP contribution in [0.4, 0.5) is 5.69 Å². The van der Waals surface area contributed by atoms with Crippen LogP contribution < -0.4 is 10.1 Å². The second-order valence-electron chi connectivity index (χ2n) is 3.26. The van der Waals surface area contributed by atoms with E-state index < -0.39 is 0 Å². The molecule has 1 N–H and O–H groups in total. The molecule has 5 nitrogen and oxygen atoms in total. The summed E-state index contributed by atoms with van der Waals surface area (Å²) < 4.78 is 5.36. The Morgan fingerprint density at radius 3 is 2.62 bits per heavy atom. The maximum absolute atomic E-state index is 10.8. The highest BCUT2D eigenvalue weighted by atomic mass is 16.5. The minimum absolute atomic E-state index is 0.106. The van der Waals surface area contributed by atoms with E-state index in [1.54, 1.807) is 24.3 Å². The summed E-state index contributed by atoms with van der Waals surface area (Å²) in [6.07, 6.45) is 0.608. The van der Waals surface area contributed by atoms with Gasteiger partial charge in [0.1, 0.15) is 5.75 Å². The molecule has 0 aliphatic carbocycles. The predicted molar refractivity (Wildman–Crippen MR) is 61.5 cm³/mol. The Morgan fingerprint density at radius 1 is 1.38 bits per heavy atom. The highest BCUT2D eigenvalue weighted by Gasteiger charge is 1.97. The lowest BCUT2D eigenvalue weighted by Gasteiger charge is -2.06. The molecule has 1 amide bonds. The zero-order valence-electron chi connectivity index (χ0n) is 9.10. The van der Waals surface area contributed by atoms with E-state index in [1.165, 1.54) is 6.92 Å². The quantitative estimate of drug-likeness (QED) is 0.592. The van der Waals surface area contributed by atoms with Crippen LogP contribution in [0.3, 0.4) is 0 Å².